The molecule has 1 aromatic heterocycles. The minimum Gasteiger partial charge on any atom is -0.399 e. The Morgan fingerprint density at radius 2 is 1.86 bits per heavy atom. The SMILES string of the molecule is CC1(C)OB(c2cc3c(s2)CN(C2CC2)CC3)OC1(C)C. The minimum atomic E-state index is -0.248. The van der Waals surface area contributed by atoms with Gasteiger partial charge in [0.25, 0.3) is 0 Å². The average Bonchev–Trinajstić information content (AvgIpc) is 3.11. The van der Waals surface area contributed by atoms with Gasteiger partial charge in [0.05, 0.1) is 11.2 Å². The molecule has 114 valence electrons. The lowest BCUT2D eigenvalue weighted by Gasteiger charge is -2.32. The molecule has 2 aliphatic heterocycles. The molecule has 0 amide bonds. The van der Waals surface area contributed by atoms with Crippen LogP contribution in [0.4, 0.5) is 0 Å². The van der Waals surface area contributed by atoms with E-state index in [1.165, 1.54) is 41.0 Å². The summed E-state index contributed by atoms with van der Waals surface area (Å²) in [5.74, 6) is 0. The van der Waals surface area contributed by atoms with E-state index in [1.54, 1.807) is 0 Å². The zero-order valence-electron chi connectivity index (χ0n) is 13.4. The van der Waals surface area contributed by atoms with Crippen molar-refractivity contribution in [1.82, 2.24) is 4.90 Å². The zero-order chi connectivity index (χ0) is 14.8. The van der Waals surface area contributed by atoms with Crippen LogP contribution in [0, 0.1) is 0 Å². The van der Waals surface area contributed by atoms with Crippen LogP contribution in [0.25, 0.3) is 0 Å². The van der Waals surface area contributed by atoms with E-state index in [9.17, 15) is 0 Å². The Balaban J connectivity index is 1.55. The number of hydrogen-bond donors (Lipinski definition) is 0. The van der Waals surface area contributed by atoms with Gasteiger partial charge in [-0.2, -0.15) is 0 Å². The summed E-state index contributed by atoms with van der Waals surface area (Å²) in [7, 11) is -0.194. The summed E-state index contributed by atoms with van der Waals surface area (Å²) >= 11 is 1.89. The van der Waals surface area contributed by atoms with Crippen LogP contribution in [-0.2, 0) is 22.3 Å². The van der Waals surface area contributed by atoms with Crippen molar-refractivity contribution < 1.29 is 9.31 Å². The second-order valence-corrected chi connectivity index (χ2v) is 8.81. The summed E-state index contributed by atoms with van der Waals surface area (Å²) < 4.78 is 13.6. The molecule has 1 saturated heterocycles. The molecule has 0 radical (unpaired) electrons. The highest BCUT2D eigenvalue weighted by molar-refractivity contribution is 7.22. The summed E-state index contributed by atoms with van der Waals surface area (Å²) in [4.78, 5) is 4.17. The standard InChI is InChI=1S/C16H24BNO2S/c1-15(2)16(3,4)20-17(19-15)14-9-11-7-8-18(12-5-6-12)10-13(11)21-14/h9,12H,5-8,10H2,1-4H3. The molecule has 5 heteroatoms. The van der Waals surface area contributed by atoms with Gasteiger partial charge in [0.2, 0.25) is 0 Å². The Labute approximate surface area is 131 Å². The van der Waals surface area contributed by atoms with E-state index in [4.69, 9.17) is 9.31 Å². The van der Waals surface area contributed by atoms with Crippen molar-refractivity contribution in [3.8, 4) is 0 Å². The van der Waals surface area contributed by atoms with Crippen LogP contribution in [0.5, 0.6) is 0 Å². The first kappa shape index (κ1) is 14.3. The monoisotopic (exact) mass is 305 g/mol. The van der Waals surface area contributed by atoms with Gasteiger partial charge in [-0.25, -0.2) is 0 Å². The van der Waals surface area contributed by atoms with Gasteiger partial charge < -0.3 is 9.31 Å². The largest absolute Gasteiger partial charge is 0.505 e. The highest BCUT2D eigenvalue weighted by atomic mass is 32.1. The molecular formula is C16H24BNO2S. The second kappa shape index (κ2) is 4.57. The van der Waals surface area contributed by atoms with Crippen LogP contribution in [0.15, 0.2) is 6.07 Å². The van der Waals surface area contributed by atoms with Crippen molar-refractivity contribution in [3.05, 3.63) is 16.5 Å². The summed E-state index contributed by atoms with van der Waals surface area (Å²) in [6.07, 6.45) is 3.97. The van der Waals surface area contributed by atoms with E-state index in [2.05, 4.69) is 38.7 Å². The third kappa shape index (κ3) is 2.38. The first-order valence-electron chi connectivity index (χ1n) is 8.07. The molecule has 3 aliphatic rings. The smallest absolute Gasteiger partial charge is 0.399 e. The minimum absolute atomic E-state index is 0.194. The second-order valence-electron chi connectivity index (χ2n) is 7.64. The lowest BCUT2D eigenvalue weighted by molar-refractivity contribution is 0.00578. The van der Waals surface area contributed by atoms with Crippen molar-refractivity contribution >= 4 is 23.2 Å². The Morgan fingerprint density at radius 1 is 1.19 bits per heavy atom. The van der Waals surface area contributed by atoms with E-state index in [0.717, 1.165) is 12.6 Å². The zero-order valence-corrected chi connectivity index (χ0v) is 14.3. The van der Waals surface area contributed by atoms with Gasteiger partial charge in [0, 0.05) is 28.8 Å². The quantitative estimate of drug-likeness (QED) is 0.784. The predicted molar refractivity (Wildman–Crippen MR) is 87.2 cm³/mol. The molecule has 0 N–H and O–H groups in total. The number of rotatable bonds is 2. The Kier molecular flexibility index (Phi) is 3.10. The molecule has 0 bridgehead atoms. The van der Waals surface area contributed by atoms with Gasteiger partial charge in [-0.3, -0.25) is 4.90 Å². The van der Waals surface area contributed by atoms with Crippen LogP contribution in [0.3, 0.4) is 0 Å². The molecule has 21 heavy (non-hydrogen) atoms. The van der Waals surface area contributed by atoms with Gasteiger partial charge in [0.1, 0.15) is 0 Å². The third-order valence-electron chi connectivity index (χ3n) is 5.48. The van der Waals surface area contributed by atoms with E-state index < -0.39 is 0 Å². The summed E-state index contributed by atoms with van der Waals surface area (Å²) in [5, 5.41) is 0. The Hall–Kier alpha value is -0.355. The molecule has 0 unspecified atom stereocenters. The van der Waals surface area contributed by atoms with Crippen LogP contribution in [0.2, 0.25) is 0 Å². The Morgan fingerprint density at radius 3 is 2.48 bits per heavy atom. The topological polar surface area (TPSA) is 21.7 Å². The molecule has 0 spiro atoms. The van der Waals surface area contributed by atoms with Crippen LogP contribution in [0.1, 0.15) is 51.0 Å². The van der Waals surface area contributed by atoms with Crippen molar-refractivity contribution in [2.24, 2.45) is 0 Å². The highest BCUT2D eigenvalue weighted by Crippen LogP contribution is 2.38. The molecule has 2 fully saturated rings. The maximum Gasteiger partial charge on any atom is 0.505 e. The molecule has 3 heterocycles. The van der Waals surface area contributed by atoms with E-state index >= 15 is 0 Å². The number of fused-ring (bicyclic) bond motifs is 1. The van der Waals surface area contributed by atoms with Crippen molar-refractivity contribution in [1.29, 1.82) is 0 Å². The van der Waals surface area contributed by atoms with Crippen LogP contribution in [-0.4, -0.2) is 35.8 Å². The molecular weight excluding hydrogens is 281 g/mol. The molecule has 3 nitrogen and oxygen atoms in total. The van der Waals surface area contributed by atoms with Crippen molar-refractivity contribution in [3.63, 3.8) is 0 Å². The number of hydrogen-bond acceptors (Lipinski definition) is 4. The van der Waals surface area contributed by atoms with Gasteiger partial charge >= 0.3 is 7.12 Å². The summed E-state index contributed by atoms with van der Waals surface area (Å²) in [5.41, 5.74) is 1.02. The van der Waals surface area contributed by atoms with E-state index in [0.29, 0.717) is 0 Å². The molecule has 0 aromatic carbocycles. The fourth-order valence-electron chi connectivity index (χ4n) is 3.19. The Bertz CT molecular complexity index is 549. The van der Waals surface area contributed by atoms with E-state index in [-0.39, 0.29) is 18.3 Å². The van der Waals surface area contributed by atoms with Crippen molar-refractivity contribution in [2.45, 2.75) is 70.7 Å². The molecule has 1 aromatic rings. The van der Waals surface area contributed by atoms with Gasteiger partial charge in [-0.15, -0.1) is 11.3 Å². The fourth-order valence-corrected chi connectivity index (χ4v) is 4.39. The molecule has 4 rings (SSSR count). The summed E-state index contributed by atoms with van der Waals surface area (Å²) in [6.45, 7) is 10.8. The highest BCUT2D eigenvalue weighted by Gasteiger charge is 2.52. The normalized spacial score (nSPS) is 27.9. The first-order valence-corrected chi connectivity index (χ1v) is 8.88. The van der Waals surface area contributed by atoms with Crippen LogP contribution >= 0.6 is 11.3 Å². The van der Waals surface area contributed by atoms with Gasteiger partial charge in [-0.05, 0) is 58.6 Å². The maximum atomic E-state index is 6.19. The van der Waals surface area contributed by atoms with Gasteiger partial charge in [0.15, 0.2) is 0 Å². The lowest BCUT2D eigenvalue weighted by Crippen LogP contribution is -2.41. The fraction of sp³-hybridized carbons (Fsp3) is 0.750. The molecule has 1 saturated carbocycles. The average molecular weight is 305 g/mol. The van der Waals surface area contributed by atoms with Crippen LogP contribution < -0.4 is 4.78 Å². The van der Waals surface area contributed by atoms with Crippen molar-refractivity contribution in [2.75, 3.05) is 6.54 Å². The van der Waals surface area contributed by atoms with Gasteiger partial charge in [-0.1, -0.05) is 0 Å². The summed E-state index contributed by atoms with van der Waals surface area (Å²) in [6, 6.07) is 3.19. The number of nitrogens with zero attached hydrogens (tertiary/aromatic N) is 1. The predicted octanol–water partition coefficient (Wildman–Crippen LogP) is 2.57. The molecule has 0 atom stereocenters. The van der Waals surface area contributed by atoms with E-state index in [1.807, 2.05) is 11.3 Å². The number of thiophene rings is 1. The molecule has 1 aliphatic carbocycles. The lowest BCUT2D eigenvalue weighted by atomic mass is 9.87. The first-order chi connectivity index (χ1) is 9.86. The third-order valence-corrected chi connectivity index (χ3v) is 6.66. The maximum absolute atomic E-state index is 6.19.